The first-order valence-corrected chi connectivity index (χ1v) is 11.4. The molecule has 2 aromatic carbocycles. The summed E-state index contributed by atoms with van der Waals surface area (Å²) < 4.78 is 5.39. The van der Waals surface area contributed by atoms with Gasteiger partial charge in [0.25, 0.3) is 0 Å². The van der Waals surface area contributed by atoms with Crippen molar-refractivity contribution >= 4 is 23.2 Å². The van der Waals surface area contributed by atoms with Crippen LogP contribution in [0.2, 0.25) is 10.0 Å². The Balaban J connectivity index is 2.13. The molecule has 4 N–H and O–H groups in total. The Morgan fingerprint density at radius 1 is 1.16 bits per heavy atom. The molecule has 0 bridgehead atoms. The number of halogens is 2. The molecule has 0 heterocycles. The van der Waals surface area contributed by atoms with Gasteiger partial charge in [0.2, 0.25) is 0 Å². The van der Waals surface area contributed by atoms with Gasteiger partial charge < -0.3 is 25.2 Å². The number of aliphatic hydroxyl groups excluding tert-OH is 3. The lowest BCUT2D eigenvalue weighted by molar-refractivity contribution is 0.173. The average Bonchev–Trinajstić information content (AvgIpc) is 2.78. The first-order chi connectivity index (χ1) is 15.3. The summed E-state index contributed by atoms with van der Waals surface area (Å²) in [5.74, 6) is 0.406. The van der Waals surface area contributed by atoms with Gasteiger partial charge in [-0.2, -0.15) is 0 Å². The lowest BCUT2D eigenvalue weighted by atomic mass is 9.97. The number of rotatable bonds is 12. The Morgan fingerprint density at radius 3 is 2.66 bits per heavy atom. The van der Waals surface area contributed by atoms with Crippen LogP contribution in [0.5, 0.6) is 11.5 Å². The highest BCUT2D eigenvalue weighted by molar-refractivity contribution is 6.35. The third kappa shape index (κ3) is 8.18. The van der Waals surface area contributed by atoms with Crippen molar-refractivity contribution < 1.29 is 25.2 Å². The standard InChI is InChI=1S/C25H30Cl2O5/c1-2-3-6-17(13-24(30)21-15-19(26)16-22(27)25(21)31)7-4-10-23(29)18-8-5-9-20(14-18)32-12-11-28/h4-5,8-9,14-16,23-24,28-31H,2-3,6,10-13H2,1H3/t7?,23-,24-/m0/s1. The van der Waals surface area contributed by atoms with E-state index in [2.05, 4.69) is 12.7 Å². The highest BCUT2D eigenvalue weighted by atomic mass is 35.5. The molecule has 0 radical (unpaired) electrons. The molecular weight excluding hydrogens is 451 g/mol. The fourth-order valence-electron chi connectivity index (χ4n) is 3.23. The molecule has 32 heavy (non-hydrogen) atoms. The van der Waals surface area contributed by atoms with Crippen LogP contribution in [0.1, 0.15) is 62.4 Å². The monoisotopic (exact) mass is 480 g/mol. The van der Waals surface area contributed by atoms with Crippen molar-refractivity contribution in [2.75, 3.05) is 13.2 Å². The predicted molar refractivity (Wildman–Crippen MR) is 127 cm³/mol. The van der Waals surface area contributed by atoms with E-state index in [1.165, 1.54) is 12.1 Å². The van der Waals surface area contributed by atoms with Gasteiger partial charge in [-0.15, -0.1) is 5.73 Å². The second-order valence-corrected chi connectivity index (χ2v) is 8.34. The fraction of sp³-hybridized carbons (Fsp3) is 0.400. The predicted octanol–water partition coefficient (Wildman–Crippen LogP) is 5.89. The summed E-state index contributed by atoms with van der Waals surface area (Å²) >= 11 is 12.0. The van der Waals surface area contributed by atoms with E-state index in [0.717, 1.165) is 24.8 Å². The zero-order valence-electron chi connectivity index (χ0n) is 18.1. The topological polar surface area (TPSA) is 90.2 Å². The van der Waals surface area contributed by atoms with Crippen LogP contribution in [0.3, 0.4) is 0 Å². The highest BCUT2D eigenvalue weighted by Gasteiger charge is 2.17. The summed E-state index contributed by atoms with van der Waals surface area (Å²) in [5, 5.41) is 40.7. The maximum absolute atomic E-state index is 10.7. The quantitative estimate of drug-likeness (QED) is 0.284. The van der Waals surface area contributed by atoms with Crippen molar-refractivity contribution in [3.63, 3.8) is 0 Å². The molecule has 0 aliphatic carbocycles. The molecule has 0 unspecified atom stereocenters. The lowest BCUT2D eigenvalue weighted by Crippen LogP contribution is -2.03. The van der Waals surface area contributed by atoms with Gasteiger partial charge >= 0.3 is 0 Å². The van der Waals surface area contributed by atoms with Gasteiger partial charge in [0.05, 0.1) is 23.8 Å². The number of phenols is 1. The van der Waals surface area contributed by atoms with E-state index in [1.54, 1.807) is 30.3 Å². The first-order valence-electron chi connectivity index (χ1n) is 10.7. The van der Waals surface area contributed by atoms with Crippen LogP contribution in [-0.4, -0.2) is 33.6 Å². The molecule has 7 heteroatoms. The summed E-state index contributed by atoms with van der Waals surface area (Å²) in [4.78, 5) is 0. The van der Waals surface area contributed by atoms with Gasteiger partial charge in [0.1, 0.15) is 18.1 Å². The molecule has 2 rings (SSSR count). The van der Waals surface area contributed by atoms with Crippen molar-refractivity contribution in [1.29, 1.82) is 0 Å². The zero-order valence-corrected chi connectivity index (χ0v) is 19.6. The number of hydrogen-bond acceptors (Lipinski definition) is 5. The van der Waals surface area contributed by atoms with Gasteiger partial charge in [-0.25, -0.2) is 0 Å². The molecule has 0 amide bonds. The minimum Gasteiger partial charge on any atom is -0.506 e. The molecule has 0 aliphatic rings. The molecule has 0 saturated carbocycles. The van der Waals surface area contributed by atoms with E-state index in [9.17, 15) is 15.3 Å². The number of unbranched alkanes of at least 4 members (excludes halogenated alkanes) is 1. The Kier molecular flexibility index (Phi) is 11.1. The van der Waals surface area contributed by atoms with E-state index < -0.39 is 12.2 Å². The van der Waals surface area contributed by atoms with Gasteiger partial charge in [-0.05, 0) is 54.3 Å². The number of hydrogen-bond donors (Lipinski definition) is 4. The minimum absolute atomic E-state index is 0.0775. The number of aromatic hydroxyl groups is 1. The molecule has 5 nitrogen and oxygen atoms in total. The summed E-state index contributed by atoms with van der Waals surface area (Å²) in [5.41, 5.74) is 5.07. The lowest BCUT2D eigenvalue weighted by Gasteiger charge is -2.15. The SMILES string of the molecule is CCCCC(=C=CC[C@H](O)c1cccc(OCCO)c1)C[C@H](O)c1cc(Cl)cc(Cl)c1O. The molecule has 2 atom stereocenters. The molecule has 0 saturated heterocycles. The first kappa shape index (κ1) is 26.3. The maximum Gasteiger partial charge on any atom is 0.140 e. The van der Waals surface area contributed by atoms with Crippen LogP contribution in [0.4, 0.5) is 0 Å². The van der Waals surface area contributed by atoms with E-state index in [4.69, 9.17) is 33.0 Å². The second-order valence-electron chi connectivity index (χ2n) is 7.50. The van der Waals surface area contributed by atoms with Gasteiger partial charge in [0.15, 0.2) is 0 Å². The van der Waals surface area contributed by atoms with Crippen molar-refractivity contribution in [3.8, 4) is 11.5 Å². The van der Waals surface area contributed by atoms with Crippen LogP contribution < -0.4 is 4.74 Å². The van der Waals surface area contributed by atoms with Crippen LogP contribution in [-0.2, 0) is 0 Å². The van der Waals surface area contributed by atoms with E-state index in [1.807, 2.05) is 0 Å². The summed E-state index contributed by atoms with van der Waals surface area (Å²) in [6, 6.07) is 10.0. The van der Waals surface area contributed by atoms with Gasteiger partial charge in [0, 0.05) is 23.4 Å². The average molecular weight is 481 g/mol. The molecule has 0 fully saturated rings. The van der Waals surface area contributed by atoms with Gasteiger partial charge in [-0.3, -0.25) is 0 Å². The largest absolute Gasteiger partial charge is 0.506 e. The molecule has 0 aromatic heterocycles. The zero-order chi connectivity index (χ0) is 23.5. The second kappa shape index (κ2) is 13.5. The molecule has 0 aliphatic heterocycles. The van der Waals surface area contributed by atoms with Crippen molar-refractivity contribution in [2.45, 2.75) is 51.2 Å². The fourth-order valence-corrected chi connectivity index (χ4v) is 3.74. The molecular formula is C25H30Cl2O5. The third-order valence-corrected chi connectivity index (χ3v) is 5.45. The Hall–Kier alpha value is -1.98. The summed E-state index contributed by atoms with van der Waals surface area (Å²) in [7, 11) is 0. The number of benzene rings is 2. The third-order valence-electron chi connectivity index (χ3n) is 4.94. The van der Waals surface area contributed by atoms with E-state index in [-0.39, 0.29) is 36.0 Å². The van der Waals surface area contributed by atoms with Crippen LogP contribution in [0.25, 0.3) is 0 Å². The Bertz CT molecular complexity index is 938. The summed E-state index contributed by atoms with van der Waals surface area (Å²) in [6.45, 7) is 2.19. The smallest absolute Gasteiger partial charge is 0.140 e. The Labute approximate surface area is 199 Å². The maximum atomic E-state index is 10.7. The van der Waals surface area contributed by atoms with E-state index >= 15 is 0 Å². The van der Waals surface area contributed by atoms with Crippen molar-refractivity contribution in [3.05, 3.63) is 75.0 Å². The number of phenolic OH excluding ortho intramolecular Hbond substituents is 1. The number of ether oxygens (including phenoxy) is 1. The summed E-state index contributed by atoms with van der Waals surface area (Å²) in [6.07, 6.45) is 3.29. The van der Waals surface area contributed by atoms with Gasteiger partial charge in [-0.1, -0.05) is 48.7 Å². The molecule has 0 spiro atoms. The normalized spacial score (nSPS) is 12.7. The van der Waals surface area contributed by atoms with Crippen molar-refractivity contribution in [2.24, 2.45) is 0 Å². The van der Waals surface area contributed by atoms with Crippen molar-refractivity contribution in [1.82, 2.24) is 0 Å². The Morgan fingerprint density at radius 2 is 1.94 bits per heavy atom. The molecule has 2 aromatic rings. The van der Waals surface area contributed by atoms with Crippen LogP contribution in [0, 0.1) is 0 Å². The number of aliphatic hydroxyl groups is 3. The van der Waals surface area contributed by atoms with E-state index in [0.29, 0.717) is 22.8 Å². The highest BCUT2D eigenvalue weighted by Crippen LogP contribution is 2.37. The van der Waals surface area contributed by atoms with Crippen LogP contribution >= 0.6 is 23.2 Å². The minimum atomic E-state index is -0.982. The van der Waals surface area contributed by atoms with Crippen LogP contribution in [0.15, 0.2) is 53.8 Å². The molecule has 174 valence electrons.